The fourth-order valence-corrected chi connectivity index (χ4v) is 5.70. The highest BCUT2D eigenvalue weighted by Crippen LogP contribution is 2.40. The van der Waals surface area contributed by atoms with Crippen LogP contribution >= 0.6 is 0 Å². The van der Waals surface area contributed by atoms with Gasteiger partial charge >= 0.3 is 0 Å². The van der Waals surface area contributed by atoms with Gasteiger partial charge < -0.3 is 14.6 Å². The molecule has 32 heavy (non-hydrogen) atoms. The van der Waals surface area contributed by atoms with E-state index in [1.54, 1.807) is 0 Å². The molecule has 3 heteroatoms. The average Bonchev–Trinajstić information content (AvgIpc) is 3.54. The monoisotopic (exact) mass is 430 g/mol. The summed E-state index contributed by atoms with van der Waals surface area (Å²) in [6.07, 6.45) is 10.8. The van der Waals surface area contributed by atoms with Crippen molar-refractivity contribution in [3.63, 3.8) is 0 Å². The lowest BCUT2D eigenvalue weighted by Crippen LogP contribution is -2.41. The van der Waals surface area contributed by atoms with Crippen LogP contribution in [-0.2, 0) is 11.3 Å². The summed E-state index contributed by atoms with van der Waals surface area (Å²) in [7, 11) is 0. The van der Waals surface area contributed by atoms with Crippen molar-refractivity contribution >= 4 is 16.6 Å². The second-order valence-electron chi connectivity index (χ2n) is 10.8. The molecule has 2 aliphatic rings. The maximum atomic E-state index is 6.21. The molecule has 5 rings (SSSR count). The number of benzene rings is 2. The summed E-state index contributed by atoms with van der Waals surface area (Å²) in [6.45, 7) is 7.07. The molecule has 3 aromatic rings. The van der Waals surface area contributed by atoms with E-state index in [9.17, 15) is 0 Å². The molecule has 0 unspecified atom stereocenters. The van der Waals surface area contributed by atoms with E-state index in [0.717, 1.165) is 0 Å². The van der Waals surface area contributed by atoms with Gasteiger partial charge in [0.2, 0.25) is 0 Å². The Bertz CT molecular complexity index is 1020. The number of aromatic amines is 1. The summed E-state index contributed by atoms with van der Waals surface area (Å²) in [4.78, 5) is 6.65. The minimum atomic E-state index is -0.140. The third-order valence-electron chi connectivity index (χ3n) is 7.24. The summed E-state index contributed by atoms with van der Waals surface area (Å²) in [5.41, 5.74) is 6.28. The Balaban J connectivity index is 1.62. The normalized spacial score (nSPS) is 18.1. The summed E-state index contributed by atoms with van der Waals surface area (Å²) >= 11 is 0. The van der Waals surface area contributed by atoms with Gasteiger partial charge in [0.1, 0.15) is 0 Å². The van der Waals surface area contributed by atoms with Crippen molar-refractivity contribution in [1.29, 1.82) is 0 Å². The average molecular weight is 431 g/mol. The van der Waals surface area contributed by atoms with Gasteiger partial charge in [-0.25, -0.2) is 0 Å². The van der Waals surface area contributed by atoms with Crippen molar-refractivity contribution in [3.8, 4) is 11.3 Å². The van der Waals surface area contributed by atoms with Crippen molar-refractivity contribution < 1.29 is 4.74 Å². The minimum Gasteiger partial charge on any atom is -0.371 e. The molecule has 1 aromatic heterocycles. The maximum Gasteiger partial charge on any atom is 0.0725 e. The summed E-state index contributed by atoms with van der Waals surface area (Å²) < 4.78 is 6.21. The molecule has 0 atom stereocenters. The van der Waals surface area contributed by atoms with Crippen LogP contribution in [0.25, 0.3) is 22.2 Å². The lowest BCUT2D eigenvalue weighted by molar-refractivity contribution is -0.0149. The number of H-pyrrole nitrogens is 1. The van der Waals surface area contributed by atoms with Crippen LogP contribution in [0.4, 0.5) is 5.69 Å². The first kappa shape index (κ1) is 21.6. The number of anilines is 1. The third-order valence-corrected chi connectivity index (χ3v) is 7.24. The molecule has 1 heterocycles. The van der Waals surface area contributed by atoms with E-state index in [1.165, 1.54) is 84.8 Å². The molecule has 3 nitrogen and oxygen atoms in total. The largest absolute Gasteiger partial charge is 0.371 e. The Kier molecular flexibility index (Phi) is 6.03. The number of nitrogens with one attached hydrogen (secondary N) is 1. The first-order chi connectivity index (χ1) is 15.5. The highest BCUT2D eigenvalue weighted by atomic mass is 16.5. The van der Waals surface area contributed by atoms with Crippen LogP contribution in [0.2, 0.25) is 0 Å². The van der Waals surface area contributed by atoms with Gasteiger partial charge in [-0.2, -0.15) is 0 Å². The molecule has 170 valence electrons. The van der Waals surface area contributed by atoms with Crippen molar-refractivity contribution in [1.82, 2.24) is 4.98 Å². The summed E-state index contributed by atoms with van der Waals surface area (Å²) in [5, 5.41) is 1.30. The molecular formula is C29H38N2O. The predicted molar refractivity (Wildman–Crippen MR) is 135 cm³/mol. The van der Waals surface area contributed by atoms with E-state index < -0.39 is 0 Å². The van der Waals surface area contributed by atoms with Gasteiger partial charge in [-0.05, 0) is 75.8 Å². The third kappa shape index (κ3) is 4.59. The Labute approximate surface area is 193 Å². The molecule has 0 bridgehead atoms. The molecule has 2 aliphatic carbocycles. The van der Waals surface area contributed by atoms with Crippen molar-refractivity contribution in [2.45, 2.75) is 96.4 Å². The quantitative estimate of drug-likeness (QED) is 0.431. The molecule has 1 N–H and O–H groups in total. The number of nitrogens with zero attached hydrogens (tertiary/aromatic N) is 1. The van der Waals surface area contributed by atoms with Crippen molar-refractivity contribution in [2.75, 3.05) is 4.90 Å². The van der Waals surface area contributed by atoms with E-state index in [4.69, 9.17) is 4.74 Å². The zero-order valence-corrected chi connectivity index (χ0v) is 20.0. The SMILES string of the molecule is CC(C)(C)OCc1cc(N(C2CCCC2)C2CCCC2)c2[nH]c(-c3ccccc3)cc2c1. The van der Waals surface area contributed by atoms with E-state index in [1.807, 2.05) is 0 Å². The van der Waals surface area contributed by atoms with Crippen LogP contribution in [0.5, 0.6) is 0 Å². The fourth-order valence-electron chi connectivity index (χ4n) is 5.70. The lowest BCUT2D eigenvalue weighted by Gasteiger charge is -2.37. The van der Waals surface area contributed by atoms with Crippen molar-refractivity contribution in [3.05, 3.63) is 54.1 Å². The van der Waals surface area contributed by atoms with Gasteiger partial charge in [0.05, 0.1) is 23.4 Å². The lowest BCUT2D eigenvalue weighted by atomic mass is 10.0. The highest BCUT2D eigenvalue weighted by molar-refractivity contribution is 5.96. The number of hydrogen-bond donors (Lipinski definition) is 1. The zero-order chi connectivity index (χ0) is 22.1. The van der Waals surface area contributed by atoms with Crippen LogP contribution in [0.1, 0.15) is 77.7 Å². The predicted octanol–water partition coefficient (Wildman–Crippen LogP) is 7.84. The van der Waals surface area contributed by atoms with Crippen LogP contribution in [-0.4, -0.2) is 22.7 Å². The molecule has 2 saturated carbocycles. The smallest absolute Gasteiger partial charge is 0.0725 e. The molecule has 2 fully saturated rings. The summed E-state index contributed by atoms with van der Waals surface area (Å²) in [6, 6.07) is 19.1. The van der Waals surface area contributed by atoms with E-state index in [2.05, 4.69) is 79.2 Å². The molecule has 0 spiro atoms. The van der Waals surface area contributed by atoms with E-state index in [0.29, 0.717) is 18.7 Å². The van der Waals surface area contributed by atoms with E-state index >= 15 is 0 Å². The van der Waals surface area contributed by atoms with Gasteiger partial charge in [0, 0.05) is 23.2 Å². The number of ether oxygens (including phenoxy) is 1. The van der Waals surface area contributed by atoms with Crippen LogP contribution in [0.15, 0.2) is 48.5 Å². The van der Waals surface area contributed by atoms with Gasteiger partial charge in [-0.1, -0.05) is 56.0 Å². The number of aromatic nitrogens is 1. The second kappa shape index (κ2) is 8.94. The van der Waals surface area contributed by atoms with E-state index in [-0.39, 0.29) is 5.60 Å². The van der Waals surface area contributed by atoms with Gasteiger partial charge in [0.25, 0.3) is 0 Å². The van der Waals surface area contributed by atoms with Crippen LogP contribution in [0.3, 0.4) is 0 Å². The second-order valence-corrected chi connectivity index (χ2v) is 10.8. The standard InChI is InChI=1S/C29H38N2O/c1-29(2,3)32-20-21-17-23-19-26(22-11-5-4-6-12-22)30-28(23)27(18-21)31(24-13-7-8-14-24)25-15-9-10-16-25/h4-6,11-12,17-19,24-25,30H,7-10,13-16,20H2,1-3H3. The Morgan fingerprint density at radius 3 is 2.09 bits per heavy atom. The zero-order valence-electron chi connectivity index (χ0n) is 20.0. The number of fused-ring (bicyclic) bond motifs is 1. The minimum absolute atomic E-state index is 0.140. The molecule has 0 saturated heterocycles. The Hall–Kier alpha value is -2.26. The Morgan fingerprint density at radius 1 is 0.875 bits per heavy atom. The Morgan fingerprint density at radius 2 is 1.50 bits per heavy atom. The fraction of sp³-hybridized carbons (Fsp3) is 0.517. The molecular weight excluding hydrogens is 392 g/mol. The molecule has 2 aromatic carbocycles. The van der Waals surface area contributed by atoms with Gasteiger partial charge in [0.15, 0.2) is 0 Å². The summed E-state index contributed by atoms with van der Waals surface area (Å²) in [5.74, 6) is 0. The van der Waals surface area contributed by atoms with Crippen LogP contribution in [0, 0.1) is 0 Å². The molecule has 0 aliphatic heterocycles. The van der Waals surface area contributed by atoms with Gasteiger partial charge in [-0.15, -0.1) is 0 Å². The van der Waals surface area contributed by atoms with Crippen molar-refractivity contribution in [2.24, 2.45) is 0 Å². The highest BCUT2D eigenvalue weighted by Gasteiger charge is 2.32. The molecule has 0 amide bonds. The first-order valence-corrected chi connectivity index (χ1v) is 12.6. The van der Waals surface area contributed by atoms with Crippen LogP contribution < -0.4 is 4.90 Å². The topological polar surface area (TPSA) is 28.3 Å². The molecule has 0 radical (unpaired) electrons. The first-order valence-electron chi connectivity index (χ1n) is 12.6. The number of hydrogen-bond acceptors (Lipinski definition) is 2. The maximum absolute atomic E-state index is 6.21. The van der Waals surface area contributed by atoms with Gasteiger partial charge in [-0.3, -0.25) is 0 Å². The number of rotatable bonds is 6.